The van der Waals surface area contributed by atoms with Gasteiger partial charge < -0.3 is 15.2 Å². The molecule has 1 aliphatic heterocycles. The van der Waals surface area contributed by atoms with E-state index in [4.69, 9.17) is 0 Å². The maximum atomic E-state index is 3.72. The van der Waals surface area contributed by atoms with Crippen LogP contribution in [0.2, 0.25) is 0 Å². The topological polar surface area (TPSA) is 31.1 Å². The fourth-order valence-corrected chi connectivity index (χ4v) is 3.01. The molecule has 3 rings (SSSR count). The fraction of sp³-hybridized carbons (Fsp3) is 0.500. The van der Waals surface area contributed by atoms with Crippen molar-refractivity contribution in [2.75, 3.05) is 19.6 Å². The van der Waals surface area contributed by atoms with E-state index in [1.165, 1.54) is 48.9 Å². The highest BCUT2D eigenvalue weighted by atomic mass is 15.1. The van der Waals surface area contributed by atoms with Crippen LogP contribution in [0.1, 0.15) is 25.3 Å². The van der Waals surface area contributed by atoms with Crippen LogP contribution in [-0.4, -0.2) is 35.6 Å². The molecule has 102 valence electrons. The van der Waals surface area contributed by atoms with Crippen LogP contribution in [0, 0.1) is 0 Å². The molecule has 0 saturated carbocycles. The molecule has 1 fully saturated rings. The Kier molecular flexibility index (Phi) is 3.85. The number of piperidine rings is 1. The average Bonchev–Trinajstić information content (AvgIpc) is 2.94. The monoisotopic (exact) mass is 257 g/mol. The van der Waals surface area contributed by atoms with Gasteiger partial charge in [0.2, 0.25) is 0 Å². The molecule has 3 heteroatoms. The van der Waals surface area contributed by atoms with Crippen molar-refractivity contribution in [2.45, 2.75) is 32.4 Å². The molecule has 0 atom stereocenters. The van der Waals surface area contributed by atoms with Crippen molar-refractivity contribution in [3.8, 4) is 0 Å². The Morgan fingerprint density at radius 2 is 2.11 bits per heavy atom. The van der Waals surface area contributed by atoms with Crippen LogP contribution in [0.5, 0.6) is 0 Å². The number of H-pyrrole nitrogens is 1. The van der Waals surface area contributed by atoms with E-state index in [0.29, 0.717) is 6.04 Å². The number of aromatic amines is 1. The Hall–Kier alpha value is -1.32. The van der Waals surface area contributed by atoms with E-state index in [-0.39, 0.29) is 0 Å². The number of nitrogens with zero attached hydrogens (tertiary/aromatic N) is 1. The molecule has 2 heterocycles. The third-order valence-corrected chi connectivity index (χ3v) is 4.30. The minimum Gasteiger partial charge on any atom is -0.361 e. The van der Waals surface area contributed by atoms with E-state index >= 15 is 0 Å². The summed E-state index contributed by atoms with van der Waals surface area (Å²) in [5.41, 5.74) is 2.64. The minimum absolute atomic E-state index is 0.678. The third kappa shape index (κ3) is 2.82. The lowest BCUT2D eigenvalue weighted by atomic mass is 10.0. The number of hydrogen-bond donors (Lipinski definition) is 2. The van der Waals surface area contributed by atoms with E-state index in [0.717, 1.165) is 6.54 Å². The molecule has 0 bridgehead atoms. The van der Waals surface area contributed by atoms with Gasteiger partial charge >= 0.3 is 0 Å². The number of likely N-dealkylation sites (tertiary alicyclic amines) is 1. The number of nitrogens with one attached hydrogen (secondary N) is 2. The van der Waals surface area contributed by atoms with Crippen molar-refractivity contribution in [3.05, 3.63) is 36.0 Å². The lowest BCUT2D eigenvalue weighted by Gasteiger charge is -2.31. The Morgan fingerprint density at radius 3 is 2.89 bits per heavy atom. The molecule has 2 aromatic rings. The fourth-order valence-electron chi connectivity index (χ4n) is 3.01. The van der Waals surface area contributed by atoms with Crippen molar-refractivity contribution in [1.82, 2.24) is 15.2 Å². The Labute approximate surface area is 115 Å². The van der Waals surface area contributed by atoms with Gasteiger partial charge in [0.1, 0.15) is 0 Å². The van der Waals surface area contributed by atoms with Gasteiger partial charge in [0.05, 0.1) is 0 Å². The Balaban J connectivity index is 1.59. The van der Waals surface area contributed by atoms with Gasteiger partial charge in [0.15, 0.2) is 0 Å². The predicted octanol–water partition coefficient (Wildman–Crippen LogP) is 2.74. The summed E-state index contributed by atoms with van der Waals surface area (Å²) < 4.78 is 0. The van der Waals surface area contributed by atoms with Crippen LogP contribution < -0.4 is 5.32 Å². The SMILES string of the molecule is CCN1CCC(NCc2cccc3[nH]ccc23)CC1. The molecule has 1 aromatic heterocycles. The summed E-state index contributed by atoms with van der Waals surface area (Å²) in [7, 11) is 0. The zero-order chi connectivity index (χ0) is 13.1. The number of aromatic nitrogens is 1. The van der Waals surface area contributed by atoms with Gasteiger partial charge in [0, 0.05) is 29.7 Å². The van der Waals surface area contributed by atoms with Crippen LogP contribution in [0.4, 0.5) is 0 Å². The van der Waals surface area contributed by atoms with E-state index in [9.17, 15) is 0 Å². The lowest BCUT2D eigenvalue weighted by molar-refractivity contribution is 0.206. The summed E-state index contributed by atoms with van der Waals surface area (Å²) >= 11 is 0. The van der Waals surface area contributed by atoms with E-state index in [2.05, 4.69) is 46.4 Å². The van der Waals surface area contributed by atoms with Crippen LogP contribution in [0.25, 0.3) is 10.9 Å². The number of benzene rings is 1. The van der Waals surface area contributed by atoms with Crippen molar-refractivity contribution in [3.63, 3.8) is 0 Å². The van der Waals surface area contributed by atoms with Gasteiger partial charge in [-0.15, -0.1) is 0 Å². The van der Waals surface area contributed by atoms with E-state index in [1.54, 1.807) is 0 Å². The summed E-state index contributed by atoms with van der Waals surface area (Å²) in [4.78, 5) is 5.81. The highest BCUT2D eigenvalue weighted by Gasteiger charge is 2.17. The zero-order valence-corrected chi connectivity index (χ0v) is 11.7. The average molecular weight is 257 g/mol. The largest absolute Gasteiger partial charge is 0.361 e. The summed E-state index contributed by atoms with van der Waals surface area (Å²) in [5, 5.41) is 5.07. The first-order valence-corrected chi connectivity index (χ1v) is 7.37. The predicted molar refractivity (Wildman–Crippen MR) is 80.3 cm³/mol. The molecule has 19 heavy (non-hydrogen) atoms. The molecular formula is C16H23N3. The smallest absolute Gasteiger partial charge is 0.0457 e. The molecule has 1 aliphatic rings. The van der Waals surface area contributed by atoms with Crippen LogP contribution >= 0.6 is 0 Å². The normalized spacial score (nSPS) is 18.2. The van der Waals surface area contributed by atoms with Crippen molar-refractivity contribution in [2.24, 2.45) is 0 Å². The van der Waals surface area contributed by atoms with E-state index < -0.39 is 0 Å². The second-order valence-corrected chi connectivity index (χ2v) is 5.45. The molecule has 0 unspecified atom stereocenters. The van der Waals surface area contributed by atoms with Gasteiger partial charge in [-0.2, -0.15) is 0 Å². The summed E-state index contributed by atoms with van der Waals surface area (Å²) in [6.45, 7) is 6.90. The first-order valence-electron chi connectivity index (χ1n) is 7.37. The molecule has 0 amide bonds. The maximum Gasteiger partial charge on any atom is 0.0457 e. The molecule has 3 nitrogen and oxygen atoms in total. The summed E-state index contributed by atoms with van der Waals surface area (Å²) in [5.74, 6) is 0. The molecule has 2 N–H and O–H groups in total. The molecule has 0 radical (unpaired) electrons. The third-order valence-electron chi connectivity index (χ3n) is 4.30. The standard InChI is InChI=1S/C16H23N3/c1-2-19-10-7-14(8-11-19)18-12-13-4-3-5-16-15(13)6-9-17-16/h3-6,9,14,17-18H,2,7-8,10-12H2,1H3. The zero-order valence-electron chi connectivity index (χ0n) is 11.7. The quantitative estimate of drug-likeness (QED) is 0.882. The Bertz CT molecular complexity index is 524. The van der Waals surface area contributed by atoms with Crippen LogP contribution in [0.15, 0.2) is 30.5 Å². The van der Waals surface area contributed by atoms with Crippen LogP contribution in [0.3, 0.4) is 0 Å². The minimum atomic E-state index is 0.678. The first kappa shape index (κ1) is 12.7. The highest BCUT2D eigenvalue weighted by Crippen LogP contribution is 2.18. The molecule has 0 aliphatic carbocycles. The number of rotatable bonds is 4. The first-order chi connectivity index (χ1) is 9.36. The van der Waals surface area contributed by atoms with E-state index in [1.807, 2.05) is 6.20 Å². The number of hydrogen-bond acceptors (Lipinski definition) is 2. The molecule has 0 spiro atoms. The Morgan fingerprint density at radius 1 is 1.26 bits per heavy atom. The van der Waals surface area contributed by atoms with Gasteiger partial charge in [-0.1, -0.05) is 19.1 Å². The molecule has 1 saturated heterocycles. The number of fused-ring (bicyclic) bond motifs is 1. The van der Waals surface area contributed by atoms with Gasteiger partial charge in [-0.25, -0.2) is 0 Å². The summed E-state index contributed by atoms with van der Waals surface area (Å²) in [6.07, 6.45) is 4.57. The van der Waals surface area contributed by atoms with Gasteiger partial charge in [-0.05, 0) is 50.2 Å². The second-order valence-electron chi connectivity index (χ2n) is 5.45. The second kappa shape index (κ2) is 5.76. The van der Waals surface area contributed by atoms with Crippen molar-refractivity contribution in [1.29, 1.82) is 0 Å². The molecule has 1 aromatic carbocycles. The van der Waals surface area contributed by atoms with Crippen LogP contribution in [-0.2, 0) is 6.54 Å². The van der Waals surface area contributed by atoms with Gasteiger partial charge in [-0.3, -0.25) is 0 Å². The summed E-state index contributed by atoms with van der Waals surface area (Å²) in [6, 6.07) is 9.35. The lowest BCUT2D eigenvalue weighted by Crippen LogP contribution is -2.42. The highest BCUT2D eigenvalue weighted by molar-refractivity contribution is 5.82. The van der Waals surface area contributed by atoms with Crippen molar-refractivity contribution < 1.29 is 0 Å². The van der Waals surface area contributed by atoms with Gasteiger partial charge in [0.25, 0.3) is 0 Å². The maximum absolute atomic E-state index is 3.72. The molecular weight excluding hydrogens is 234 g/mol. The van der Waals surface area contributed by atoms with Crippen molar-refractivity contribution >= 4 is 10.9 Å².